The molecule has 1 unspecified atom stereocenters. The smallest absolute Gasteiger partial charge is 0.304 e. The van der Waals surface area contributed by atoms with E-state index in [1.807, 2.05) is 42.5 Å². The Bertz CT molecular complexity index is 684. The van der Waals surface area contributed by atoms with E-state index in [1.165, 1.54) is 0 Å². The molecule has 2 rings (SSSR count). The van der Waals surface area contributed by atoms with Crippen LogP contribution in [0.3, 0.4) is 0 Å². The number of aliphatic hydroxyl groups excluding tert-OH is 1. The van der Waals surface area contributed by atoms with Gasteiger partial charge in [0.15, 0.2) is 0 Å². The highest BCUT2D eigenvalue weighted by Crippen LogP contribution is 2.31. The minimum Gasteiger partial charge on any atom is -0.497 e. The Labute approximate surface area is 135 Å². The molecule has 0 saturated carbocycles. The van der Waals surface area contributed by atoms with Crippen LogP contribution in [-0.4, -0.2) is 23.3 Å². The molecule has 1 atom stereocenters. The maximum absolute atomic E-state index is 11.3. The molecule has 0 fully saturated rings. The van der Waals surface area contributed by atoms with Crippen LogP contribution < -0.4 is 10.5 Å². The first kappa shape index (κ1) is 17.0. The summed E-state index contributed by atoms with van der Waals surface area (Å²) in [5, 5.41) is 18.8. The fourth-order valence-corrected chi connectivity index (χ4v) is 2.67. The molecule has 122 valence electrons. The molecule has 0 heterocycles. The van der Waals surface area contributed by atoms with Crippen molar-refractivity contribution >= 4 is 5.97 Å². The molecule has 0 aromatic heterocycles. The Morgan fingerprint density at radius 1 is 1.17 bits per heavy atom. The van der Waals surface area contributed by atoms with Gasteiger partial charge in [-0.15, -0.1) is 0 Å². The Kier molecular flexibility index (Phi) is 5.73. The van der Waals surface area contributed by atoms with Crippen molar-refractivity contribution in [2.45, 2.75) is 25.5 Å². The van der Waals surface area contributed by atoms with Gasteiger partial charge in [-0.05, 0) is 34.4 Å². The van der Waals surface area contributed by atoms with Gasteiger partial charge in [-0.1, -0.05) is 30.3 Å². The first-order valence-corrected chi connectivity index (χ1v) is 7.37. The summed E-state index contributed by atoms with van der Waals surface area (Å²) in [6.45, 7) is 0.206. The molecule has 0 amide bonds. The van der Waals surface area contributed by atoms with Gasteiger partial charge in [0.2, 0.25) is 0 Å². The third kappa shape index (κ3) is 4.09. The molecular weight excluding hydrogens is 294 g/mol. The van der Waals surface area contributed by atoms with E-state index >= 15 is 0 Å². The number of carboxylic acids is 1. The van der Waals surface area contributed by atoms with Crippen molar-refractivity contribution in [2.75, 3.05) is 7.11 Å². The first-order valence-electron chi connectivity index (χ1n) is 7.37. The largest absolute Gasteiger partial charge is 0.497 e. The predicted molar refractivity (Wildman–Crippen MR) is 87.3 cm³/mol. The summed E-state index contributed by atoms with van der Waals surface area (Å²) in [6, 6.07) is 12.9. The molecule has 5 heteroatoms. The molecule has 0 aliphatic carbocycles. The molecule has 2 aromatic rings. The van der Waals surface area contributed by atoms with E-state index in [-0.39, 0.29) is 18.9 Å². The highest BCUT2D eigenvalue weighted by atomic mass is 16.5. The lowest BCUT2D eigenvalue weighted by molar-refractivity contribution is -0.137. The summed E-state index contributed by atoms with van der Waals surface area (Å²) in [5.74, 6) is -0.523. The standard InChI is InChI=1S/C18H21NO4/c1-23-16-4-2-3-12(8-16)17(9-18(21)22)13-5-6-14(10-19)15(7-13)11-20/h2-8,17,20H,9-11,19H2,1H3,(H,21,22). The fourth-order valence-electron chi connectivity index (χ4n) is 2.67. The summed E-state index contributed by atoms with van der Waals surface area (Å²) in [7, 11) is 1.57. The number of benzene rings is 2. The number of hydrogen-bond acceptors (Lipinski definition) is 4. The Morgan fingerprint density at radius 2 is 1.91 bits per heavy atom. The van der Waals surface area contributed by atoms with Crippen LogP contribution in [0.25, 0.3) is 0 Å². The number of methoxy groups -OCH3 is 1. The maximum atomic E-state index is 11.3. The van der Waals surface area contributed by atoms with Crippen molar-refractivity contribution in [3.63, 3.8) is 0 Å². The van der Waals surface area contributed by atoms with Crippen molar-refractivity contribution in [1.29, 1.82) is 0 Å². The normalized spacial score (nSPS) is 12.0. The van der Waals surface area contributed by atoms with Gasteiger partial charge < -0.3 is 20.7 Å². The average molecular weight is 315 g/mol. The molecule has 5 nitrogen and oxygen atoms in total. The highest BCUT2D eigenvalue weighted by Gasteiger charge is 2.19. The van der Waals surface area contributed by atoms with Crippen LogP contribution in [0.2, 0.25) is 0 Å². The third-order valence-corrected chi connectivity index (χ3v) is 3.90. The van der Waals surface area contributed by atoms with Gasteiger partial charge in [0.25, 0.3) is 0 Å². The number of aliphatic hydroxyl groups is 1. The summed E-state index contributed by atoms with van der Waals surface area (Å²) >= 11 is 0. The van der Waals surface area contributed by atoms with Gasteiger partial charge in [0, 0.05) is 12.5 Å². The molecule has 0 bridgehead atoms. The zero-order chi connectivity index (χ0) is 16.8. The zero-order valence-corrected chi connectivity index (χ0v) is 13.0. The number of carboxylic acid groups (broad SMARTS) is 1. The lowest BCUT2D eigenvalue weighted by Crippen LogP contribution is -2.10. The lowest BCUT2D eigenvalue weighted by Gasteiger charge is -2.19. The molecular formula is C18H21NO4. The van der Waals surface area contributed by atoms with Crippen molar-refractivity contribution in [1.82, 2.24) is 0 Å². The lowest BCUT2D eigenvalue weighted by atomic mass is 9.86. The summed E-state index contributed by atoms with van der Waals surface area (Å²) in [5.41, 5.74) is 8.94. The number of ether oxygens (including phenoxy) is 1. The molecule has 4 N–H and O–H groups in total. The Balaban J connectivity index is 2.47. The Morgan fingerprint density at radius 3 is 2.52 bits per heavy atom. The van der Waals surface area contributed by atoms with Crippen LogP contribution in [0.1, 0.15) is 34.6 Å². The third-order valence-electron chi connectivity index (χ3n) is 3.90. The second-order valence-corrected chi connectivity index (χ2v) is 5.32. The molecule has 0 aliphatic heterocycles. The molecule has 2 aromatic carbocycles. The number of carbonyl (C=O) groups is 1. The number of rotatable bonds is 7. The number of aliphatic carboxylic acids is 1. The van der Waals surface area contributed by atoms with Gasteiger partial charge >= 0.3 is 5.97 Å². The molecule has 0 radical (unpaired) electrons. The Hall–Kier alpha value is -2.37. The minimum atomic E-state index is -0.883. The van der Waals surface area contributed by atoms with Crippen LogP contribution >= 0.6 is 0 Å². The summed E-state index contributed by atoms with van der Waals surface area (Å²) in [6.07, 6.45) is -0.0417. The van der Waals surface area contributed by atoms with Crippen molar-refractivity contribution in [3.05, 3.63) is 64.7 Å². The highest BCUT2D eigenvalue weighted by molar-refractivity contribution is 5.69. The zero-order valence-electron chi connectivity index (χ0n) is 13.0. The minimum absolute atomic E-state index is 0.0417. The van der Waals surface area contributed by atoms with Crippen molar-refractivity contribution < 1.29 is 19.7 Å². The van der Waals surface area contributed by atoms with E-state index in [2.05, 4.69) is 0 Å². The van der Waals surface area contributed by atoms with E-state index in [0.717, 1.165) is 22.3 Å². The summed E-state index contributed by atoms with van der Waals surface area (Å²) in [4.78, 5) is 11.3. The van der Waals surface area contributed by atoms with Crippen molar-refractivity contribution in [3.8, 4) is 5.75 Å². The maximum Gasteiger partial charge on any atom is 0.304 e. The number of hydrogen-bond donors (Lipinski definition) is 3. The van der Waals surface area contributed by atoms with Gasteiger partial charge in [0.1, 0.15) is 5.75 Å². The van der Waals surface area contributed by atoms with E-state index in [9.17, 15) is 15.0 Å². The van der Waals surface area contributed by atoms with Gasteiger partial charge in [-0.2, -0.15) is 0 Å². The van der Waals surface area contributed by atoms with E-state index in [1.54, 1.807) is 7.11 Å². The quantitative estimate of drug-likeness (QED) is 0.729. The fraction of sp³-hybridized carbons (Fsp3) is 0.278. The predicted octanol–water partition coefficient (Wildman–Crippen LogP) is 2.25. The van der Waals surface area contributed by atoms with Crippen molar-refractivity contribution in [2.24, 2.45) is 5.73 Å². The molecule has 0 saturated heterocycles. The molecule has 23 heavy (non-hydrogen) atoms. The average Bonchev–Trinajstić information content (AvgIpc) is 2.58. The van der Waals surface area contributed by atoms with Gasteiger partial charge in [-0.3, -0.25) is 4.79 Å². The van der Waals surface area contributed by atoms with Gasteiger partial charge in [0.05, 0.1) is 20.1 Å². The second-order valence-electron chi connectivity index (χ2n) is 5.32. The van der Waals surface area contributed by atoms with Crippen LogP contribution in [0.5, 0.6) is 5.75 Å². The molecule has 0 aliphatic rings. The second kappa shape index (κ2) is 7.76. The van der Waals surface area contributed by atoms with Crippen LogP contribution in [0.15, 0.2) is 42.5 Å². The SMILES string of the molecule is COc1cccc(C(CC(=O)O)c2ccc(CN)c(CO)c2)c1. The summed E-state index contributed by atoms with van der Waals surface area (Å²) < 4.78 is 5.22. The van der Waals surface area contributed by atoms with E-state index in [4.69, 9.17) is 10.5 Å². The van der Waals surface area contributed by atoms with E-state index < -0.39 is 5.97 Å². The van der Waals surface area contributed by atoms with Gasteiger partial charge in [-0.25, -0.2) is 0 Å². The van der Waals surface area contributed by atoms with Crippen LogP contribution in [0.4, 0.5) is 0 Å². The van der Waals surface area contributed by atoms with Crippen LogP contribution in [-0.2, 0) is 17.9 Å². The monoisotopic (exact) mass is 315 g/mol. The van der Waals surface area contributed by atoms with Crippen LogP contribution in [0, 0.1) is 0 Å². The first-order chi connectivity index (χ1) is 11.1. The topological polar surface area (TPSA) is 92.8 Å². The van der Waals surface area contributed by atoms with E-state index in [0.29, 0.717) is 12.3 Å². The molecule has 0 spiro atoms. The number of nitrogens with two attached hydrogens (primary N) is 1.